The third-order valence-electron chi connectivity index (χ3n) is 8.18. The molecule has 0 saturated carbocycles. The van der Waals surface area contributed by atoms with Crippen molar-refractivity contribution in [3.8, 4) is 11.1 Å². The smallest absolute Gasteiger partial charge is 0.274 e. The van der Waals surface area contributed by atoms with Crippen LogP contribution in [0.2, 0.25) is 0 Å². The van der Waals surface area contributed by atoms with Crippen LogP contribution in [0.1, 0.15) is 38.5 Å². The van der Waals surface area contributed by atoms with Crippen LogP contribution in [0, 0.1) is 6.92 Å². The average Bonchev–Trinajstić information content (AvgIpc) is 3.42. The highest BCUT2D eigenvalue weighted by molar-refractivity contribution is 7.14. The van der Waals surface area contributed by atoms with Crippen molar-refractivity contribution < 1.29 is 4.79 Å². The molecule has 0 spiro atoms. The molecule has 1 aromatic carbocycles. The highest BCUT2D eigenvalue weighted by atomic mass is 32.1. The van der Waals surface area contributed by atoms with Crippen LogP contribution < -0.4 is 21.1 Å². The topological polar surface area (TPSA) is 82.5 Å². The van der Waals surface area contributed by atoms with E-state index >= 15 is 0 Å². The maximum absolute atomic E-state index is 13.2. The average molecular weight is 569 g/mol. The zero-order valence-electron chi connectivity index (χ0n) is 23.9. The number of anilines is 4. The van der Waals surface area contributed by atoms with Crippen molar-refractivity contribution in [1.29, 1.82) is 0 Å². The Morgan fingerprint density at radius 3 is 2.54 bits per heavy atom. The van der Waals surface area contributed by atoms with Gasteiger partial charge in [0, 0.05) is 55.6 Å². The minimum Gasteiger partial charge on any atom is -0.368 e. The number of carbonyl (C=O) groups is 1. The van der Waals surface area contributed by atoms with E-state index in [2.05, 4.69) is 44.6 Å². The second-order valence-corrected chi connectivity index (χ2v) is 12.2. The Labute approximate surface area is 244 Å². The normalized spacial score (nSPS) is 15.4. The van der Waals surface area contributed by atoms with Gasteiger partial charge in [0.05, 0.1) is 16.8 Å². The van der Waals surface area contributed by atoms with Gasteiger partial charge in [-0.3, -0.25) is 9.59 Å². The van der Waals surface area contributed by atoms with Crippen LogP contribution in [-0.4, -0.2) is 53.6 Å². The molecule has 1 saturated heterocycles. The molecule has 0 unspecified atom stereocenters. The summed E-state index contributed by atoms with van der Waals surface area (Å²) in [5.74, 6) is 0.548. The molecule has 1 aliphatic carbocycles. The summed E-state index contributed by atoms with van der Waals surface area (Å²) in [5, 5.41) is 6.36. The molecular weight excluding hydrogens is 532 g/mol. The molecule has 0 radical (unpaired) electrons. The van der Waals surface area contributed by atoms with Gasteiger partial charge in [-0.25, -0.2) is 4.98 Å². The van der Waals surface area contributed by atoms with Gasteiger partial charge in [-0.15, -0.1) is 11.3 Å². The van der Waals surface area contributed by atoms with Crippen molar-refractivity contribution in [2.75, 3.05) is 48.8 Å². The molecule has 4 aromatic rings. The first kappa shape index (κ1) is 27.2. The number of aromatic nitrogens is 2. The third-order valence-corrected chi connectivity index (χ3v) is 9.41. The summed E-state index contributed by atoms with van der Waals surface area (Å²) in [6, 6.07) is 13.8. The molecule has 1 amide bonds. The molecule has 2 aliphatic rings. The van der Waals surface area contributed by atoms with E-state index in [0.29, 0.717) is 11.5 Å². The number of rotatable bonds is 6. The maximum Gasteiger partial charge on any atom is 0.274 e. The van der Waals surface area contributed by atoms with Gasteiger partial charge in [0.15, 0.2) is 0 Å². The van der Waals surface area contributed by atoms with Crippen LogP contribution in [0.15, 0.2) is 59.7 Å². The SMILES string of the molecule is Cc1c(NC(=O)c2cc3c(s2)CCCC3)cccc1-c1cc(Nc2ccc(N3CCN(C)CC3)cn2)c(=O)n(C)c1. The lowest BCUT2D eigenvalue weighted by atomic mass is 9.99. The summed E-state index contributed by atoms with van der Waals surface area (Å²) >= 11 is 1.62. The monoisotopic (exact) mass is 568 g/mol. The van der Waals surface area contributed by atoms with Crippen LogP contribution >= 0.6 is 11.3 Å². The number of benzene rings is 1. The largest absolute Gasteiger partial charge is 0.368 e. The van der Waals surface area contributed by atoms with Crippen molar-refractivity contribution >= 4 is 40.1 Å². The third kappa shape index (κ3) is 5.78. The van der Waals surface area contributed by atoms with E-state index in [9.17, 15) is 9.59 Å². The fraction of sp³-hybridized carbons (Fsp3) is 0.344. The number of carbonyl (C=O) groups excluding carboxylic acids is 1. The van der Waals surface area contributed by atoms with E-state index in [-0.39, 0.29) is 11.5 Å². The number of aryl methyl sites for hydroxylation is 3. The number of likely N-dealkylation sites (N-methyl/N-ethyl adjacent to an activating group) is 1. The van der Waals surface area contributed by atoms with Crippen molar-refractivity contribution in [2.24, 2.45) is 7.05 Å². The van der Waals surface area contributed by atoms with Crippen LogP contribution in [0.25, 0.3) is 11.1 Å². The Balaban J connectivity index is 1.22. The van der Waals surface area contributed by atoms with Crippen LogP contribution in [0.5, 0.6) is 0 Å². The first-order chi connectivity index (χ1) is 19.9. The van der Waals surface area contributed by atoms with Crippen LogP contribution in [-0.2, 0) is 19.9 Å². The molecule has 0 bridgehead atoms. The number of nitrogens with zero attached hydrogens (tertiary/aromatic N) is 4. The minimum atomic E-state index is -0.137. The lowest BCUT2D eigenvalue weighted by molar-refractivity contribution is 0.103. The summed E-state index contributed by atoms with van der Waals surface area (Å²) < 4.78 is 1.58. The van der Waals surface area contributed by atoms with Gasteiger partial charge < -0.3 is 25.0 Å². The van der Waals surface area contributed by atoms with Gasteiger partial charge in [0.25, 0.3) is 11.5 Å². The Kier molecular flexibility index (Phi) is 7.64. The summed E-state index contributed by atoms with van der Waals surface area (Å²) in [6.45, 7) is 6.01. The molecule has 4 heterocycles. The Morgan fingerprint density at radius 2 is 1.78 bits per heavy atom. The molecule has 3 aromatic heterocycles. The summed E-state index contributed by atoms with van der Waals surface area (Å²) in [6.07, 6.45) is 8.22. The first-order valence-electron chi connectivity index (χ1n) is 14.3. The number of nitrogens with one attached hydrogen (secondary N) is 2. The first-order valence-corrected chi connectivity index (χ1v) is 15.1. The lowest BCUT2D eigenvalue weighted by Gasteiger charge is -2.33. The fourth-order valence-electron chi connectivity index (χ4n) is 5.67. The standard InChI is InChI=1S/C32H36N6O2S/c1-21-25(8-6-9-26(21)35-31(39)29-18-22-7-4-5-10-28(22)41-29)23-17-27(32(40)37(3)20-23)34-30-12-11-24(19-33-30)38-15-13-36(2)14-16-38/h6,8-9,11-12,17-20H,4-5,7,10,13-16H2,1-3H3,(H,33,34)(H,35,39). The van der Waals surface area contributed by atoms with Gasteiger partial charge in [-0.2, -0.15) is 0 Å². The Morgan fingerprint density at radius 1 is 0.976 bits per heavy atom. The number of piperazine rings is 1. The number of hydrogen-bond donors (Lipinski definition) is 2. The number of fused-ring (bicyclic) bond motifs is 1. The van der Waals surface area contributed by atoms with Crippen molar-refractivity contribution in [3.63, 3.8) is 0 Å². The van der Waals surface area contributed by atoms with Crippen molar-refractivity contribution in [1.82, 2.24) is 14.5 Å². The molecule has 6 rings (SSSR count). The molecule has 212 valence electrons. The lowest BCUT2D eigenvalue weighted by Crippen LogP contribution is -2.44. The second-order valence-electron chi connectivity index (χ2n) is 11.1. The van der Waals surface area contributed by atoms with Gasteiger partial charge in [-0.05, 0) is 86.7 Å². The molecule has 41 heavy (non-hydrogen) atoms. The minimum absolute atomic E-state index is 0.0708. The second kappa shape index (κ2) is 11.5. The molecule has 1 fully saturated rings. The van der Waals surface area contributed by atoms with Gasteiger partial charge in [-0.1, -0.05) is 12.1 Å². The van der Waals surface area contributed by atoms with E-state index in [4.69, 9.17) is 0 Å². The molecule has 2 N–H and O–H groups in total. The highest BCUT2D eigenvalue weighted by Crippen LogP contribution is 2.33. The van der Waals surface area contributed by atoms with E-state index in [1.165, 1.54) is 23.3 Å². The van der Waals surface area contributed by atoms with E-state index in [1.807, 2.05) is 49.6 Å². The summed E-state index contributed by atoms with van der Waals surface area (Å²) in [5.41, 5.74) is 6.26. The summed E-state index contributed by atoms with van der Waals surface area (Å²) in [7, 11) is 3.89. The van der Waals surface area contributed by atoms with E-state index < -0.39 is 0 Å². The molecule has 8 nitrogen and oxygen atoms in total. The molecule has 0 atom stereocenters. The Hall–Kier alpha value is -3.95. The number of hydrogen-bond acceptors (Lipinski definition) is 7. The van der Waals surface area contributed by atoms with Gasteiger partial charge >= 0.3 is 0 Å². The highest BCUT2D eigenvalue weighted by Gasteiger charge is 2.19. The fourth-order valence-corrected chi connectivity index (χ4v) is 6.82. The molecular formula is C32H36N6O2S. The van der Waals surface area contributed by atoms with E-state index in [0.717, 1.165) is 72.0 Å². The van der Waals surface area contributed by atoms with Crippen LogP contribution in [0.3, 0.4) is 0 Å². The predicted molar refractivity (Wildman–Crippen MR) is 168 cm³/mol. The Bertz CT molecular complexity index is 1610. The van der Waals surface area contributed by atoms with Gasteiger partial charge in [0.2, 0.25) is 0 Å². The number of thiophene rings is 1. The molecule has 1 aliphatic heterocycles. The zero-order chi connectivity index (χ0) is 28.5. The number of pyridine rings is 2. The number of amides is 1. The predicted octanol–water partition coefficient (Wildman–Crippen LogP) is 5.44. The van der Waals surface area contributed by atoms with Crippen molar-refractivity contribution in [2.45, 2.75) is 32.6 Å². The molecule has 9 heteroatoms. The maximum atomic E-state index is 13.2. The zero-order valence-corrected chi connectivity index (χ0v) is 24.7. The van der Waals surface area contributed by atoms with E-state index in [1.54, 1.807) is 23.0 Å². The quantitative estimate of drug-likeness (QED) is 0.322. The van der Waals surface area contributed by atoms with Crippen molar-refractivity contribution in [3.05, 3.63) is 86.1 Å². The van der Waals surface area contributed by atoms with Crippen LogP contribution in [0.4, 0.5) is 22.9 Å². The van der Waals surface area contributed by atoms with Gasteiger partial charge in [0.1, 0.15) is 11.5 Å². The summed E-state index contributed by atoms with van der Waals surface area (Å²) in [4.78, 5) is 37.6.